The third-order valence-corrected chi connectivity index (χ3v) is 12.9. The fraction of sp³-hybridized carbons (Fsp3) is 0.417. The number of H-pyrrole nitrogens is 1. The van der Waals surface area contributed by atoms with Crippen LogP contribution in [0.25, 0.3) is 33.7 Å². The summed E-state index contributed by atoms with van der Waals surface area (Å²) < 4.78 is 5.25. The molecule has 3 saturated heterocycles. The minimum absolute atomic E-state index is 0.0505. The Hall–Kier alpha value is -6.68. The number of benzene rings is 2. The Morgan fingerprint density at radius 3 is 2.33 bits per heavy atom. The number of rotatable bonds is 10. The lowest BCUT2D eigenvalue weighted by atomic mass is 9.95. The van der Waals surface area contributed by atoms with Gasteiger partial charge in [0.05, 0.1) is 35.0 Å². The summed E-state index contributed by atoms with van der Waals surface area (Å²) in [4.78, 5) is 68.0. The number of nitrogens with zero attached hydrogens (tertiary/aromatic N) is 9. The van der Waals surface area contributed by atoms with Crippen molar-refractivity contribution < 1.29 is 18.9 Å². The number of piperidine rings is 1. The summed E-state index contributed by atoms with van der Waals surface area (Å²) >= 11 is 0. The first kappa shape index (κ1) is 42.6. The molecule has 3 fully saturated rings. The number of aromatic amines is 1. The van der Waals surface area contributed by atoms with Crippen LogP contribution in [-0.2, 0) is 10.2 Å². The number of imide groups is 1. The lowest BCUT2D eigenvalue weighted by molar-refractivity contribution is -0.120. The molecular formula is C48H56N12O4. The molecule has 332 valence electrons. The molecule has 4 aromatic heterocycles. The zero-order chi connectivity index (χ0) is 44.7. The first-order chi connectivity index (χ1) is 30.8. The van der Waals surface area contributed by atoms with E-state index in [0.29, 0.717) is 24.7 Å². The summed E-state index contributed by atoms with van der Waals surface area (Å²) in [5.74, 6) is 0.470. The lowest BCUT2D eigenvalue weighted by Gasteiger charge is -2.40. The Morgan fingerprint density at radius 1 is 0.875 bits per heavy atom. The highest BCUT2D eigenvalue weighted by Gasteiger charge is 2.29. The van der Waals surface area contributed by atoms with E-state index in [1.54, 1.807) is 11.2 Å². The summed E-state index contributed by atoms with van der Waals surface area (Å²) in [6.07, 6.45) is 6.17. The van der Waals surface area contributed by atoms with Gasteiger partial charge in [-0.15, -0.1) is 0 Å². The van der Waals surface area contributed by atoms with Crippen molar-refractivity contribution in [2.75, 3.05) is 67.1 Å². The van der Waals surface area contributed by atoms with Crippen LogP contribution in [0.2, 0.25) is 0 Å². The lowest BCUT2D eigenvalue weighted by Crippen LogP contribution is -2.49. The molecule has 0 saturated carbocycles. The molecule has 6 aromatic rings. The van der Waals surface area contributed by atoms with Gasteiger partial charge in [0.15, 0.2) is 5.82 Å². The van der Waals surface area contributed by atoms with Crippen LogP contribution >= 0.6 is 0 Å². The van der Waals surface area contributed by atoms with Crippen LogP contribution in [0.1, 0.15) is 86.2 Å². The van der Waals surface area contributed by atoms with E-state index in [1.165, 1.54) is 5.69 Å². The Labute approximate surface area is 372 Å². The van der Waals surface area contributed by atoms with E-state index in [9.17, 15) is 14.4 Å². The van der Waals surface area contributed by atoms with Gasteiger partial charge in [-0.25, -0.2) is 14.8 Å². The molecule has 16 nitrogen and oxygen atoms in total. The van der Waals surface area contributed by atoms with E-state index in [2.05, 4.69) is 86.8 Å². The number of carbonyl (C=O) groups excluding carboxylic acids is 3. The van der Waals surface area contributed by atoms with Gasteiger partial charge in [-0.2, -0.15) is 4.98 Å². The molecule has 1 unspecified atom stereocenters. The summed E-state index contributed by atoms with van der Waals surface area (Å²) in [6, 6.07) is 18.1. The fourth-order valence-corrected chi connectivity index (χ4v) is 9.17. The van der Waals surface area contributed by atoms with Gasteiger partial charge >= 0.3 is 17.8 Å². The SMILES string of the molecule is Cc1cc(-c2ncnc3[nH]c(-c4ccc(N5CCN(CC6CCN(c7ccc(N8CCC(=O)NC8=O)c(C)c7)CC6)CC5)cn4)cc23)ccc1C(C)NC(=O)c1nc(C(C)(C)C)no1. The van der Waals surface area contributed by atoms with Gasteiger partial charge in [0.1, 0.15) is 12.0 Å². The highest BCUT2D eigenvalue weighted by molar-refractivity contribution is 6.06. The van der Waals surface area contributed by atoms with Crippen LogP contribution in [-0.4, -0.2) is 105 Å². The molecule has 9 rings (SSSR count). The number of aromatic nitrogens is 6. The van der Waals surface area contributed by atoms with Crippen molar-refractivity contribution in [3.05, 3.63) is 95.5 Å². The highest BCUT2D eigenvalue weighted by atomic mass is 16.5. The van der Waals surface area contributed by atoms with Crippen molar-refractivity contribution in [1.29, 1.82) is 0 Å². The minimum atomic E-state index is -0.412. The molecule has 7 heterocycles. The Morgan fingerprint density at radius 2 is 1.64 bits per heavy atom. The van der Waals surface area contributed by atoms with E-state index in [1.807, 2.05) is 65.9 Å². The van der Waals surface area contributed by atoms with Crippen LogP contribution in [0.15, 0.2) is 71.6 Å². The van der Waals surface area contributed by atoms with E-state index < -0.39 is 5.91 Å². The van der Waals surface area contributed by atoms with Crippen LogP contribution < -0.4 is 25.3 Å². The normalized spacial score (nSPS) is 17.2. The quantitative estimate of drug-likeness (QED) is 0.129. The van der Waals surface area contributed by atoms with Crippen LogP contribution in [0.5, 0.6) is 0 Å². The van der Waals surface area contributed by atoms with Gasteiger partial charge in [0.2, 0.25) is 5.91 Å². The van der Waals surface area contributed by atoms with Crippen molar-refractivity contribution >= 4 is 45.9 Å². The summed E-state index contributed by atoms with van der Waals surface area (Å²) in [5, 5.41) is 10.3. The minimum Gasteiger partial charge on any atom is -0.372 e. The number of nitrogens with one attached hydrogen (secondary N) is 3. The maximum atomic E-state index is 12.9. The average molecular weight is 865 g/mol. The molecule has 3 aliphatic heterocycles. The maximum absolute atomic E-state index is 12.9. The van der Waals surface area contributed by atoms with Crippen molar-refractivity contribution in [3.63, 3.8) is 0 Å². The van der Waals surface area contributed by atoms with Gasteiger partial charge in [-0.05, 0) is 98.7 Å². The van der Waals surface area contributed by atoms with E-state index in [4.69, 9.17) is 9.51 Å². The topological polar surface area (TPSA) is 182 Å². The second-order valence-electron chi connectivity index (χ2n) is 18.5. The molecule has 0 radical (unpaired) electrons. The number of amides is 4. The zero-order valence-corrected chi connectivity index (χ0v) is 37.4. The molecule has 3 N–H and O–H groups in total. The molecule has 0 bridgehead atoms. The molecular weight excluding hydrogens is 809 g/mol. The zero-order valence-electron chi connectivity index (χ0n) is 37.4. The summed E-state index contributed by atoms with van der Waals surface area (Å²) in [5.41, 5.74) is 10.1. The van der Waals surface area contributed by atoms with E-state index in [-0.39, 0.29) is 29.3 Å². The third kappa shape index (κ3) is 8.91. The second-order valence-corrected chi connectivity index (χ2v) is 18.5. The molecule has 16 heteroatoms. The Bertz CT molecular complexity index is 2690. The molecule has 0 spiro atoms. The summed E-state index contributed by atoms with van der Waals surface area (Å²) in [7, 11) is 0. The number of urea groups is 1. The number of hydrogen-bond donors (Lipinski definition) is 3. The van der Waals surface area contributed by atoms with Crippen molar-refractivity contribution in [1.82, 2.24) is 45.6 Å². The van der Waals surface area contributed by atoms with E-state index >= 15 is 0 Å². The molecule has 0 aliphatic carbocycles. The second kappa shape index (κ2) is 17.5. The Balaban J connectivity index is 0.771. The number of anilines is 3. The highest BCUT2D eigenvalue weighted by Crippen LogP contribution is 2.33. The predicted octanol–water partition coefficient (Wildman–Crippen LogP) is 6.96. The molecule has 4 amide bonds. The molecule has 3 aliphatic rings. The first-order valence-electron chi connectivity index (χ1n) is 22.3. The fourth-order valence-electron chi connectivity index (χ4n) is 9.17. The number of fused-ring (bicyclic) bond motifs is 1. The smallest absolute Gasteiger partial charge is 0.328 e. The Kier molecular flexibility index (Phi) is 11.6. The summed E-state index contributed by atoms with van der Waals surface area (Å²) in [6.45, 7) is 19.4. The number of hydrogen-bond acceptors (Lipinski definition) is 12. The number of aryl methyl sites for hydroxylation is 2. The van der Waals surface area contributed by atoms with Gasteiger partial charge < -0.3 is 24.6 Å². The first-order valence-corrected chi connectivity index (χ1v) is 22.3. The molecule has 1 atom stereocenters. The number of piperazine rings is 1. The van der Waals surface area contributed by atoms with E-state index in [0.717, 1.165) is 120 Å². The van der Waals surface area contributed by atoms with Gasteiger partial charge in [0.25, 0.3) is 0 Å². The molecule has 2 aromatic carbocycles. The van der Waals surface area contributed by atoms with Crippen LogP contribution in [0, 0.1) is 19.8 Å². The van der Waals surface area contributed by atoms with Gasteiger partial charge in [0, 0.05) is 86.5 Å². The van der Waals surface area contributed by atoms with Gasteiger partial charge in [-0.1, -0.05) is 38.1 Å². The standard InChI is InChI=1S/C48H56N12O4/c1-29-23-33(7-10-36(29)31(3)52-44(62)45-55-46(56-64-45)48(4,5)6)42-37-25-39(53-43(37)51-28-50-42)38-11-8-35(26-49-38)59-21-19-57(20-22-59)27-32-13-16-58(17-14-32)34-9-12-40(30(2)24-34)60-18-15-41(61)54-47(60)63/h7-12,23-26,28,31-32H,13-22,27H2,1-6H3,(H,52,62)(H,50,51,53)(H,54,61,63). The van der Waals surface area contributed by atoms with Crippen molar-refractivity contribution in [3.8, 4) is 22.6 Å². The number of carbonyl (C=O) groups is 3. The monoisotopic (exact) mass is 864 g/mol. The van der Waals surface area contributed by atoms with Crippen molar-refractivity contribution in [2.45, 2.75) is 72.3 Å². The van der Waals surface area contributed by atoms with Crippen LogP contribution in [0.4, 0.5) is 21.9 Å². The maximum Gasteiger partial charge on any atom is 0.328 e. The number of pyridine rings is 1. The predicted molar refractivity (Wildman–Crippen MR) is 246 cm³/mol. The van der Waals surface area contributed by atoms with Gasteiger partial charge in [-0.3, -0.25) is 29.7 Å². The average Bonchev–Trinajstić information content (AvgIpc) is 3.97. The van der Waals surface area contributed by atoms with Crippen LogP contribution in [0.3, 0.4) is 0 Å². The molecule has 64 heavy (non-hydrogen) atoms. The largest absolute Gasteiger partial charge is 0.372 e. The van der Waals surface area contributed by atoms with Crippen molar-refractivity contribution in [2.24, 2.45) is 5.92 Å². The third-order valence-electron chi connectivity index (χ3n) is 12.9.